The largest absolute Gasteiger partial charge is 0.491 e. The number of rotatable bonds is 3. The molecule has 1 unspecified atom stereocenters. The van der Waals surface area contributed by atoms with Crippen molar-refractivity contribution in [3.63, 3.8) is 0 Å². The Labute approximate surface area is 117 Å². The Balaban J connectivity index is 1.80. The van der Waals surface area contributed by atoms with Crippen molar-refractivity contribution in [2.24, 2.45) is 0 Å². The normalized spacial score (nSPS) is 17.4. The summed E-state index contributed by atoms with van der Waals surface area (Å²) in [5, 5.41) is 4.29. The van der Waals surface area contributed by atoms with Gasteiger partial charge in [0.05, 0.1) is 6.04 Å². The molecule has 1 aliphatic heterocycles. The minimum atomic E-state index is 0.169. The third-order valence-electron chi connectivity index (χ3n) is 3.20. The van der Waals surface area contributed by atoms with E-state index in [9.17, 15) is 0 Å². The monoisotopic (exact) mass is 275 g/mol. The van der Waals surface area contributed by atoms with Crippen LogP contribution in [0.2, 0.25) is 0 Å². The molecule has 100 valence electrons. The number of nitrogens with zero attached hydrogens (tertiary/aromatic N) is 2. The first kappa shape index (κ1) is 12.4. The van der Waals surface area contributed by atoms with Crippen molar-refractivity contribution in [1.82, 2.24) is 9.36 Å². The zero-order valence-electron chi connectivity index (χ0n) is 11.3. The molecule has 0 saturated carbocycles. The fourth-order valence-electron chi connectivity index (χ4n) is 2.13. The van der Waals surface area contributed by atoms with Gasteiger partial charge in [0, 0.05) is 23.0 Å². The molecule has 5 heteroatoms. The minimum absolute atomic E-state index is 0.169. The summed E-state index contributed by atoms with van der Waals surface area (Å²) in [6.45, 7) is 6.94. The predicted octanol–water partition coefficient (Wildman–Crippen LogP) is 3.52. The molecule has 0 fully saturated rings. The molecular weight excluding hydrogens is 258 g/mol. The fourth-order valence-corrected chi connectivity index (χ4v) is 2.89. The highest BCUT2D eigenvalue weighted by Crippen LogP contribution is 2.35. The van der Waals surface area contributed by atoms with Gasteiger partial charge in [-0.3, -0.25) is 0 Å². The molecule has 1 aliphatic rings. The van der Waals surface area contributed by atoms with Crippen LogP contribution >= 0.6 is 11.5 Å². The maximum Gasteiger partial charge on any atom is 0.203 e. The van der Waals surface area contributed by atoms with E-state index < -0.39 is 0 Å². The summed E-state index contributed by atoms with van der Waals surface area (Å²) in [4.78, 5) is 4.51. The number of ether oxygens (including phenoxy) is 1. The number of aromatic nitrogens is 2. The zero-order chi connectivity index (χ0) is 13.4. The smallest absolute Gasteiger partial charge is 0.203 e. The van der Waals surface area contributed by atoms with Crippen LogP contribution in [0.4, 0.5) is 5.13 Å². The van der Waals surface area contributed by atoms with Gasteiger partial charge in [0.1, 0.15) is 18.2 Å². The van der Waals surface area contributed by atoms with Crippen LogP contribution in [0.25, 0.3) is 0 Å². The van der Waals surface area contributed by atoms with E-state index in [-0.39, 0.29) is 6.04 Å². The van der Waals surface area contributed by atoms with Crippen LogP contribution in [-0.4, -0.2) is 16.0 Å². The number of nitrogens with one attached hydrogen (secondary N) is 1. The number of fused-ring (bicyclic) bond motifs is 1. The average molecular weight is 275 g/mol. The average Bonchev–Trinajstić information content (AvgIpc) is 2.98. The Kier molecular flexibility index (Phi) is 3.14. The highest BCUT2D eigenvalue weighted by molar-refractivity contribution is 7.09. The Morgan fingerprint density at radius 1 is 1.42 bits per heavy atom. The van der Waals surface area contributed by atoms with Crippen molar-refractivity contribution in [3.8, 4) is 5.75 Å². The topological polar surface area (TPSA) is 47.0 Å². The third-order valence-corrected chi connectivity index (χ3v) is 3.86. The summed E-state index contributed by atoms with van der Waals surface area (Å²) in [5.41, 5.74) is 2.46. The first-order chi connectivity index (χ1) is 9.13. The number of hydrogen-bond acceptors (Lipinski definition) is 5. The fraction of sp³-hybridized carbons (Fsp3) is 0.429. The molecule has 1 atom stereocenters. The van der Waals surface area contributed by atoms with Gasteiger partial charge in [-0.2, -0.15) is 4.37 Å². The molecule has 2 aromatic rings. The summed E-state index contributed by atoms with van der Waals surface area (Å²) in [7, 11) is 0. The molecule has 3 rings (SSSR count). The first-order valence-corrected chi connectivity index (χ1v) is 7.24. The molecule has 0 amide bonds. The van der Waals surface area contributed by atoms with Crippen LogP contribution < -0.4 is 10.1 Å². The quantitative estimate of drug-likeness (QED) is 0.931. The van der Waals surface area contributed by atoms with E-state index in [0.29, 0.717) is 12.5 Å². The van der Waals surface area contributed by atoms with Crippen LogP contribution in [0.15, 0.2) is 18.2 Å². The minimum Gasteiger partial charge on any atom is -0.491 e. The highest BCUT2D eigenvalue weighted by Gasteiger charge is 2.25. The van der Waals surface area contributed by atoms with E-state index in [0.717, 1.165) is 16.7 Å². The van der Waals surface area contributed by atoms with E-state index >= 15 is 0 Å². The molecular formula is C14H17N3OS. The zero-order valence-corrected chi connectivity index (χ0v) is 12.1. The summed E-state index contributed by atoms with van der Waals surface area (Å²) < 4.78 is 10.0. The molecule has 1 N–H and O–H groups in total. The van der Waals surface area contributed by atoms with E-state index in [1.807, 2.05) is 6.07 Å². The van der Waals surface area contributed by atoms with Crippen LogP contribution in [-0.2, 0) is 0 Å². The van der Waals surface area contributed by atoms with E-state index in [1.165, 1.54) is 22.7 Å². The molecule has 4 nitrogen and oxygen atoms in total. The van der Waals surface area contributed by atoms with Crippen molar-refractivity contribution in [1.29, 1.82) is 0 Å². The molecule has 2 heterocycles. The van der Waals surface area contributed by atoms with Crippen molar-refractivity contribution in [3.05, 3.63) is 35.2 Å². The Morgan fingerprint density at radius 3 is 3.00 bits per heavy atom. The molecule has 0 saturated heterocycles. The molecule has 19 heavy (non-hydrogen) atoms. The van der Waals surface area contributed by atoms with Gasteiger partial charge in [0.15, 0.2) is 0 Å². The SMILES string of the molecule is Cc1ccc2c(c1)C(Nc1nc(C(C)C)ns1)CO2. The summed E-state index contributed by atoms with van der Waals surface area (Å²) in [6.07, 6.45) is 0. The van der Waals surface area contributed by atoms with Gasteiger partial charge in [0.25, 0.3) is 0 Å². The Morgan fingerprint density at radius 2 is 2.26 bits per heavy atom. The van der Waals surface area contributed by atoms with Gasteiger partial charge >= 0.3 is 0 Å². The lowest BCUT2D eigenvalue weighted by molar-refractivity contribution is 0.340. The van der Waals surface area contributed by atoms with Crippen molar-refractivity contribution >= 4 is 16.7 Å². The third kappa shape index (κ3) is 2.42. The molecule has 1 aromatic carbocycles. The predicted molar refractivity (Wildman–Crippen MR) is 77.0 cm³/mol. The molecule has 0 aliphatic carbocycles. The lowest BCUT2D eigenvalue weighted by atomic mass is 10.1. The van der Waals surface area contributed by atoms with Gasteiger partial charge in [-0.1, -0.05) is 31.5 Å². The van der Waals surface area contributed by atoms with Crippen LogP contribution in [0.5, 0.6) is 5.75 Å². The lowest BCUT2D eigenvalue weighted by Gasteiger charge is -2.10. The number of anilines is 1. The van der Waals surface area contributed by atoms with Crippen molar-refractivity contribution < 1.29 is 4.74 Å². The Hall–Kier alpha value is -1.62. The van der Waals surface area contributed by atoms with Crippen LogP contribution in [0.1, 0.15) is 42.8 Å². The highest BCUT2D eigenvalue weighted by atomic mass is 32.1. The van der Waals surface area contributed by atoms with Crippen molar-refractivity contribution in [2.45, 2.75) is 32.7 Å². The number of hydrogen-bond donors (Lipinski definition) is 1. The Bertz CT molecular complexity index is 594. The second-order valence-corrected chi connectivity index (χ2v) is 5.91. The molecule has 0 radical (unpaired) electrons. The van der Waals surface area contributed by atoms with Gasteiger partial charge in [-0.25, -0.2) is 4.98 Å². The van der Waals surface area contributed by atoms with Crippen LogP contribution in [0, 0.1) is 6.92 Å². The maximum atomic E-state index is 5.69. The van der Waals surface area contributed by atoms with Crippen molar-refractivity contribution in [2.75, 3.05) is 11.9 Å². The van der Waals surface area contributed by atoms with Gasteiger partial charge in [-0.15, -0.1) is 0 Å². The lowest BCUT2D eigenvalue weighted by Crippen LogP contribution is -2.11. The number of benzene rings is 1. The van der Waals surface area contributed by atoms with Gasteiger partial charge < -0.3 is 10.1 Å². The second-order valence-electron chi connectivity index (χ2n) is 5.16. The van der Waals surface area contributed by atoms with Gasteiger partial charge in [-0.05, 0) is 13.0 Å². The molecule has 1 aromatic heterocycles. The summed E-state index contributed by atoms with van der Waals surface area (Å²) in [6, 6.07) is 6.45. The summed E-state index contributed by atoms with van der Waals surface area (Å²) >= 11 is 1.42. The van der Waals surface area contributed by atoms with E-state index in [1.54, 1.807) is 0 Å². The van der Waals surface area contributed by atoms with E-state index in [4.69, 9.17) is 4.74 Å². The first-order valence-electron chi connectivity index (χ1n) is 6.47. The summed E-state index contributed by atoms with van der Waals surface area (Å²) in [5.74, 6) is 2.23. The molecule has 0 bridgehead atoms. The number of aryl methyl sites for hydroxylation is 1. The van der Waals surface area contributed by atoms with Gasteiger partial charge in [0.2, 0.25) is 5.13 Å². The standard InChI is InChI=1S/C14H17N3OS/c1-8(2)13-16-14(19-17-13)15-11-7-18-12-5-4-9(3)6-10(11)12/h4-6,8,11H,7H2,1-3H3,(H,15,16,17). The second kappa shape index (κ2) is 4.81. The van der Waals surface area contributed by atoms with Crippen LogP contribution in [0.3, 0.4) is 0 Å². The van der Waals surface area contributed by atoms with E-state index in [2.05, 4.69) is 47.6 Å². The molecule has 0 spiro atoms. The maximum absolute atomic E-state index is 5.69.